The van der Waals surface area contributed by atoms with Crippen LogP contribution in [0.1, 0.15) is 31.5 Å². The molecule has 1 amide bonds. The average molecular weight is 321 g/mol. The van der Waals surface area contributed by atoms with Gasteiger partial charge in [0, 0.05) is 43.9 Å². The van der Waals surface area contributed by atoms with Gasteiger partial charge in [-0.2, -0.15) is 0 Å². The molecule has 3 heterocycles. The van der Waals surface area contributed by atoms with E-state index in [1.54, 1.807) is 6.92 Å². The molecule has 1 saturated heterocycles. The number of nitrogens with zero attached hydrogens (tertiary/aromatic N) is 5. The Labute approximate surface area is 140 Å². The van der Waals surface area contributed by atoms with Crippen LogP contribution in [0.2, 0.25) is 0 Å². The molecule has 0 aliphatic carbocycles. The lowest BCUT2D eigenvalue weighted by molar-refractivity contribution is -0.129. The maximum atomic E-state index is 11.5. The lowest BCUT2D eigenvalue weighted by atomic mass is 9.96. The molecular weight excluding hydrogens is 302 g/mol. The molecule has 0 atom stereocenters. The fourth-order valence-corrected chi connectivity index (χ4v) is 3.32. The van der Waals surface area contributed by atoms with Crippen molar-refractivity contribution in [2.75, 3.05) is 13.1 Å². The summed E-state index contributed by atoms with van der Waals surface area (Å²) in [6.45, 7) is 3.18. The highest BCUT2D eigenvalue weighted by Crippen LogP contribution is 2.28. The van der Waals surface area contributed by atoms with Gasteiger partial charge in [-0.25, -0.2) is 4.98 Å². The molecule has 0 unspecified atom stereocenters. The van der Waals surface area contributed by atoms with E-state index >= 15 is 0 Å². The van der Waals surface area contributed by atoms with Crippen LogP contribution in [0, 0.1) is 0 Å². The number of aromatic nitrogens is 4. The molecule has 0 saturated carbocycles. The Kier molecular flexibility index (Phi) is 3.72. The van der Waals surface area contributed by atoms with E-state index in [1.807, 2.05) is 33.7 Å². The van der Waals surface area contributed by atoms with Crippen molar-refractivity contribution >= 4 is 11.7 Å². The van der Waals surface area contributed by atoms with Crippen molar-refractivity contribution in [1.29, 1.82) is 0 Å². The van der Waals surface area contributed by atoms with Crippen LogP contribution >= 0.6 is 0 Å². The summed E-state index contributed by atoms with van der Waals surface area (Å²) < 4.78 is 2.00. The Morgan fingerprint density at radius 3 is 2.54 bits per heavy atom. The predicted octanol–water partition coefficient (Wildman–Crippen LogP) is 2.52. The molecule has 122 valence electrons. The van der Waals surface area contributed by atoms with Crippen LogP contribution in [0.5, 0.6) is 0 Å². The average Bonchev–Trinajstić information content (AvgIpc) is 3.05. The van der Waals surface area contributed by atoms with E-state index in [0.29, 0.717) is 11.7 Å². The summed E-state index contributed by atoms with van der Waals surface area (Å²) in [7, 11) is 0. The van der Waals surface area contributed by atoms with E-state index in [1.165, 1.54) is 0 Å². The second-order valence-electron chi connectivity index (χ2n) is 6.22. The summed E-state index contributed by atoms with van der Waals surface area (Å²) in [5.41, 5.74) is 2.17. The van der Waals surface area contributed by atoms with Gasteiger partial charge in [-0.3, -0.25) is 9.20 Å². The van der Waals surface area contributed by atoms with Gasteiger partial charge in [0.1, 0.15) is 5.82 Å². The second kappa shape index (κ2) is 6.03. The third-order valence-corrected chi connectivity index (χ3v) is 4.70. The molecule has 0 bridgehead atoms. The number of hydrogen-bond acceptors (Lipinski definition) is 4. The molecule has 1 fully saturated rings. The van der Waals surface area contributed by atoms with E-state index in [4.69, 9.17) is 0 Å². The number of rotatable bonds is 2. The summed E-state index contributed by atoms with van der Waals surface area (Å²) in [5.74, 6) is 2.02. The number of carbonyl (C=O) groups is 1. The molecule has 6 heteroatoms. The van der Waals surface area contributed by atoms with Gasteiger partial charge < -0.3 is 4.90 Å². The lowest BCUT2D eigenvalue weighted by Gasteiger charge is -2.30. The summed E-state index contributed by atoms with van der Waals surface area (Å²) in [6.07, 6.45) is 5.72. The number of carbonyl (C=O) groups excluding carboxylic acids is 1. The lowest BCUT2D eigenvalue weighted by Crippen LogP contribution is -2.36. The first-order valence-electron chi connectivity index (χ1n) is 8.24. The fraction of sp³-hybridized carbons (Fsp3) is 0.333. The third kappa shape index (κ3) is 2.64. The Bertz CT molecular complexity index is 866. The van der Waals surface area contributed by atoms with Crippen molar-refractivity contribution in [3.05, 3.63) is 48.5 Å². The van der Waals surface area contributed by atoms with Gasteiger partial charge in [-0.05, 0) is 18.4 Å². The van der Waals surface area contributed by atoms with Gasteiger partial charge in [0.2, 0.25) is 5.91 Å². The molecule has 24 heavy (non-hydrogen) atoms. The molecule has 0 spiro atoms. The van der Waals surface area contributed by atoms with Crippen molar-refractivity contribution < 1.29 is 4.79 Å². The van der Waals surface area contributed by atoms with E-state index in [0.717, 1.165) is 42.9 Å². The van der Waals surface area contributed by atoms with Crippen LogP contribution in [0.15, 0.2) is 42.7 Å². The van der Waals surface area contributed by atoms with Crippen molar-refractivity contribution in [2.45, 2.75) is 25.7 Å². The minimum Gasteiger partial charge on any atom is -0.343 e. The Morgan fingerprint density at radius 2 is 1.83 bits per heavy atom. The van der Waals surface area contributed by atoms with Crippen molar-refractivity contribution in [3.8, 4) is 11.1 Å². The number of likely N-dealkylation sites (tertiary alicyclic amines) is 1. The molecule has 2 aromatic heterocycles. The van der Waals surface area contributed by atoms with E-state index in [-0.39, 0.29) is 5.91 Å². The van der Waals surface area contributed by atoms with Gasteiger partial charge in [0.05, 0.1) is 0 Å². The van der Waals surface area contributed by atoms with Crippen molar-refractivity contribution in [1.82, 2.24) is 24.5 Å². The van der Waals surface area contributed by atoms with Gasteiger partial charge in [0.25, 0.3) is 5.78 Å². The molecular formula is C18H19N5O. The van der Waals surface area contributed by atoms with Crippen molar-refractivity contribution in [2.24, 2.45) is 0 Å². The Balaban J connectivity index is 1.66. The number of fused-ring (bicyclic) bond motifs is 1. The zero-order chi connectivity index (χ0) is 16.5. The number of piperidine rings is 1. The van der Waals surface area contributed by atoms with Gasteiger partial charge in [-0.1, -0.05) is 30.3 Å². The van der Waals surface area contributed by atoms with Crippen LogP contribution in [-0.2, 0) is 4.79 Å². The number of hydrogen-bond donors (Lipinski definition) is 0. The van der Waals surface area contributed by atoms with Crippen LogP contribution in [-0.4, -0.2) is 43.5 Å². The quantitative estimate of drug-likeness (QED) is 0.727. The van der Waals surface area contributed by atoms with E-state index < -0.39 is 0 Å². The first-order chi connectivity index (χ1) is 11.7. The summed E-state index contributed by atoms with van der Waals surface area (Å²) in [5, 5.41) is 8.57. The maximum absolute atomic E-state index is 11.5. The molecule has 0 radical (unpaired) electrons. The first-order valence-corrected chi connectivity index (χ1v) is 8.24. The highest BCUT2D eigenvalue weighted by Gasteiger charge is 2.25. The van der Waals surface area contributed by atoms with Crippen LogP contribution < -0.4 is 0 Å². The summed E-state index contributed by atoms with van der Waals surface area (Å²) in [6, 6.07) is 10.2. The zero-order valence-corrected chi connectivity index (χ0v) is 13.6. The molecule has 1 aliphatic rings. The molecule has 4 rings (SSSR count). The SMILES string of the molecule is CC(=O)N1CCC(c2nnc3ncc(-c4ccccc4)cn23)CC1. The third-order valence-electron chi connectivity index (χ3n) is 4.70. The topological polar surface area (TPSA) is 63.4 Å². The maximum Gasteiger partial charge on any atom is 0.254 e. The number of amides is 1. The second-order valence-corrected chi connectivity index (χ2v) is 6.22. The first kappa shape index (κ1) is 14.8. The summed E-state index contributed by atoms with van der Waals surface area (Å²) >= 11 is 0. The monoisotopic (exact) mass is 321 g/mol. The van der Waals surface area contributed by atoms with Crippen molar-refractivity contribution in [3.63, 3.8) is 0 Å². The normalized spacial score (nSPS) is 15.8. The van der Waals surface area contributed by atoms with Crippen LogP contribution in [0.3, 0.4) is 0 Å². The van der Waals surface area contributed by atoms with E-state index in [9.17, 15) is 4.79 Å². The van der Waals surface area contributed by atoms with E-state index in [2.05, 4.69) is 33.5 Å². The zero-order valence-electron chi connectivity index (χ0n) is 13.6. The van der Waals surface area contributed by atoms with Crippen LogP contribution in [0.4, 0.5) is 0 Å². The highest BCUT2D eigenvalue weighted by atomic mass is 16.2. The van der Waals surface area contributed by atoms with Gasteiger partial charge in [-0.15, -0.1) is 10.2 Å². The molecule has 1 aliphatic heterocycles. The van der Waals surface area contributed by atoms with Gasteiger partial charge in [0.15, 0.2) is 0 Å². The predicted molar refractivity (Wildman–Crippen MR) is 90.4 cm³/mol. The van der Waals surface area contributed by atoms with Gasteiger partial charge >= 0.3 is 0 Å². The number of benzene rings is 1. The molecule has 1 aromatic carbocycles. The minimum absolute atomic E-state index is 0.146. The minimum atomic E-state index is 0.146. The van der Waals surface area contributed by atoms with Crippen LogP contribution in [0.25, 0.3) is 16.9 Å². The largest absolute Gasteiger partial charge is 0.343 e. The Hall–Kier alpha value is -2.76. The molecule has 6 nitrogen and oxygen atoms in total. The molecule has 3 aromatic rings. The standard InChI is InChI=1S/C18H19N5O/c1-13(24)22-9-7-15(8-10-22)17-20-21-18-19-11-16(12-23(17)18)14-5-3-2-4-6-14/h2-6,11-12,15H,7-10H2,1H3. The highest BCUT2D eigenvalue weighted by molar-refractivity contribution is 5.73. The fourth-order valence-electron chi connectivity index (χ4n) is 3.32. The Morgan fingerprint density at radius 1 is 1.08 bits per heavy atom. The molecule has 0 N–H and O–H groups in total. The smallest absolute Gasteiger partial charge is 0.254 e. The summed E-state index contributed by atoms with van der Waals surface area (Å²) in [4.78, 5) is 17.8.